The first-order chi connectivity index (χ1) is 16.1. The minimum Gasteiger partial charge on any atom is -0.478 e. The van der Waals surface area contributed by atoms with Crippen LogP contribution in [0.1, 0.15) is 46.5 Å². The highest BCUT2D eigenvalue weighted by Crippen LogP contribution is 2.29. The molecule has 0 amide bonds. The highest BCUT2D eigenvalue weighted by atomic mass is 16.5. The number of carboxylic acid groups (broad SMARTS) is 1. The van der Waals surface area contributed by atoms with Crippen LogP contribution in [0.3, 0.4) is 0 Å². The van der Waals surface area contributed by atoms with E-state index >= 15 is 0 Å². The van der Waals surface area contributed by atoms with Crippen molar-refractivity contribution in [2.75, 3.05) is 11.9 Å². The number of aryl methyl sites for hydroxylation is 2. The van der Waals surface area contributed by atoms with Crippen LogP contribution in [0.15, 0.2) is 72.8 Å². The number of aliphatic carboxylic acids is 1. The Labute approximate surface area is 201 Å². The van der Waals surface area contributed by atoms with Crippen molar-refractivity contribution in [3.05, 3.63) is 101 Å². The van der Waals surface area contributed by atoms with Crippen LogP contribution in [0.4, 0.5) is 5.69 Å². The summed E-state index contributed by atoms with van der Waals surface area (Å²) in [5, 5.41) is 9.33. The third kappa shape index (κ3) is 6.13. The van der Waals surface area contributed by atoms with E-state index in [-0.39, 0.29) is 5.78 Å². The normalized spacial score (nSPS) is 11.4. The average molecular weight is 458 g/mol. The number of anilines is 1. The third-order valence-electron chi connectivity index (χ3n) is 5.64. The van der Waals surface area contributed by atoms with Gasteiger partial charge < -0.3 is 14.7 Å². The molecule has 5 nitrogen and oxygen atoms in total. The lowest BCUT2D eigenvalue weighted by Gasteiger charge is -2.24. The van der Waals surface area contributed by atoms with Crippen molar-refractivity contribution in [3.8, 4) is 5.75 Å². The highest BCUT2D eigenvalue weighted by molar-refractivity contribution is 6.07. The summed E-state index contributed by atoms with van der Waals surface area (Å²) in [6, 6.07) is 21.6. The van der Waals surface area contributed by atoms with E-state index in [2.05, 4.69) is 17.0 Å². The van der Waals surface area contributed by atoms with Crippen LogP contribution in [0.2, 0.25) is 0 Å². The molecule has 0 spiro atoms. The van der Waals surface area contributed by atoms with Gasteiger partial charge in [0.25, 0.3) is 0 Å². The zero-order valence-corrected chi connectivity index (χ0v) is 20.3. The van der Waals surface area contributed by atoms with Crippen molar-refractivity contribution < 1.29 is 19.4 Å². The molecule has 0 saturated carbocycles. The van der Waals surface area contributed by atoms with E-state index < -0.39 is 11.6 Å². The first kappa shape index (κ1) is 24.8. The first-order valence-electron chi connectivity index (χ1n) is 11.2. The summed E-state index contributed by atoms with van der Waals surface area (Å²) < 4.78 is 5.75. The average Bonchev–Trinajstić information content (AvgIpc) is 2.80. The molecule has 176 valence electrons. The van der Waals surface area contributed by atoms with Gasteiger partial charge in [0, 0.05) is 24.8 Å². The number of carbonyl (C=O) groups is 2. The number of allylic oxidation sites excluding steroid dienone is 1. The Bertz CT molecular complexity index is 1170. The van der Waals surface area contributed by atoms with Crippen LogP contribution in [0.25, 0.3) is 6.08 Å². The van der Waals surface area contributed by atoms with Crippen molar-refractivity contribution in [1.82, 2.24) is 0 Å². The Hall–Kier alpha value is -3.86. The SMILES string of the molecule is Cc1cc(/C=C/C(=O)c2ccc(N(C)Cc3ccccc3)cc2)cc(C)c1OC(C)(C)C(=O)O. The molecule has 0 atom stereocenters. The van der Waals surface area contributed by atoms with Gasteiger partial charge in [-0.25, -0.2) is 4.79 Å². The molecule has 3 aromatic rings. The molecule has 3 aromatic carbocycles. The topological polar surface area (TPSA) is 66.8 Å². The van der Waals surface area contributed by atoms with Gasteiger partial charge in [-0.05, 0) is 92.4 Å². The van der Waals surface area contributed by atoms with Crippen LogP contribution < -0.4 is 9.64 Å². The number of carboxylic acids is 1. The van der Waals surface area contributed by atoms with E-state index in [1.807, 2.05) is 75.5 Å². The van der Waals surface area contributed by atoms with Crippen LogP contribution >= 0.6 is 0 Å². The lowest BCUT2D eigenvalue weighted by molar-refractivity contribution is -0.152. The van der Waals surface area contributed by atoms with E-state index in [0.717, 1.165) is 28.9 Å². The van der Waals surface area contributed by atoms with Gasteiger partial charge in [0.15, 0.2) is 11.4 Å². The predicted octanol–water partition coefficient (Wildman–Crippen LogP) is 6.08. The molecule has 3 rings (SSSR count). The molecule has 0 saturated heterocycles. The molecule has 0 aromatic heterocycles. The Morgan fingerprint density at radius 1 is 0.971 bits per heavy atom. The van der Waals surface area contributed by atoms with Crippen LogP contribution in [-0.2, 0) is 11.3 Å². The van der Waals surface area contributed by atoms with E-state index in [4.69, 9.17) is 4.74 Å². The molecular weight excluding hydrogens is 426 g/mol. The predicted molar refractivity (Wildman–Crippen MR) is 137 cm³/mol. The molecular formula is C29H31NO4. The zero-order chi connectivity index (χ0) is 24.9. The summed E-state index contributed by atoms with van der Waals surface area (Å²) in [6.45, 7) is 7.56. The lowest BCUT2D eigenvalue weighted by atomic mass is 10.0. The Morgan fingerprint density at radius 3 is 2.12 bits per heavy atom. The number of ketones is 1. The Kier molecular flexibility index (Phi) is 7.57. The maximum atomic E-state index is 12.7. The molecule has 0 radical (unpaired) electrons. The molecule has 0 fully saturated rings. The Morgan fingerprint density at radius 2 is 1.56 bits per heavy atom. The molecule has 0 heterocycles. The van der Waals surface area contributed by atoms with Crippen molar-refractivity contribution >= 4 is 23.5 Å². The molecule has 0 aliphatic heterocycles. The van der Waals surface area contributed by atoms with Crippen molar-refractivity contribution in [2.45, 2.75) is 39.8 Å². The Balaban J connectivity index is 1.69. The fourth-order valence-corrected chi connectivity index (χ4v) is 3.64. The summed E-state index contributed by atoms with van der Waals surface area (Å²) in [7, 11) is 2.03. The summed E-state index contributed by atoms with van der Waals surface area (Å²) >= 11 is 0. The molecule has 0 aliphatic rings. The fraction of sp³-hybridized carbons (Fsp3) is 0.241. The second-order valence-corrected chi connectivity index (χ2v) is 8.99. The monoisotopic (exact) mass is 457 g/mol. The van der Waals surface area contributed by atoms with Gasteiger partial charge in [0.1, 0.15) is 5.75 Å². The quantitative estimate of drug-likeness (QED) is 0.312. The highest BCUT2D eigenvalue weighted by Gasteiger charge is 2.30. The minimum atomic E-state index is -1.33. The van der Waals surface area contributed by atoms with Gasteiger partial charge in [0.2, 0.25) is 0 Å². The number of hydrogen-bond acceptors (Lipinski definition) is 4. The van der Waals surface area contributed by atoms with E-state index in [9.17, 15) is 14.7 Å². The van der Waals surface area contributed by atoms with Crippen LogP contribution in [-0.4, -0.2) is 29.5 Å². The number of nitrogens with zero attached hydrogens (tertiary/aromatic N) is 1. The first-order valence-corrected chi connectivity index (χ1v) is 11.2. The van der Waals surface area contributed by atoms with E-state index in [1.165, 1.54) is 19.4 Å². The van der Waals surface area contributed by atoms with Gasteiger partial charge in [-0.15, -0.1) is 0 Å². The van der Waals surface area contributed by atoms with Crippen molar-refractivity contribution in [3.63, 3.8) is 0 Å². The smallest absolute Gasteiger partial charge is 0.347 e. The van der Waals surface area contributed by atoms with Crippen molar-refractivity contribution in [1.29, 1.82) is 0 Å². The third-order valence-corrected chi connectivity index (χ3v) is 5.64. The number of hydrogen-bond donors (Lipinski definition) is 1. The molecule has 0 aliphatic carbocycles. The van der Waals surface area contributed by atoms with Gasteiger partial charge in [-0.2, -0.15) is 0 Å². The van der Waals surface area contributed by atoms with Crippen LogP contribution in [0, 0.1) is 13.8 Å². The second-order valence-electron chi connectivity index (χ2n) is 8.99. The van der Waals surface area contributed by atoms with Gasteiger partial charge in [-0.3, -0.25) is 4.79 Å². The fourth-order valence-electron chi connectivity index (χ4n) is 3.64. The summed E-state index contributed by atoms with van der Waals surface area (Å²) in [6.07, 6.45) is 3.32. The van der Waals surface area contributed by atoms with Gasteiger partial charge in [-0.1, -0.05) is 36.4 Å². The molecule has 34 heavy (non-hydrogen) atoms. The maximum Gasteiger partial charge on any atom is 0.347 e. The van der Waals surface area contributed by atoms with E-state index in [1.54, 1.807) is 12.2 Å². The number of benzene rings is 3. The zero-order valence-electron chi connectivity index (χ0n) is 20.3. The molecule has 5 heteroatoms. The number of rotatable bonds is 9. The number of ether oxygens (including phenoxy) is 1. The van der Waals surface area contributed by atoms with E-state index in [0.29, 0.717) is 11.3 Å². The largest absolute Gasteiger partial charge is 0.478 e. The summed E-state index contributed by atoms with van der Waals surface area (Å²) in [5.41, 5.74) is 4.02. The lowest BCUT2D eigenvalue weighted by Crippen LogP contribution is -2.38. The van der Waals surface area contributed by atoms with Gasteiger partial charge >= 0.3 is 5.97 Å². The maximum absolute atomic E-state index is 12.7. The van der Waals surface area contributed by atoms with Crippen LogP contribution in [0.5, 0.6) is 5.75 Å². The van der Waals surface area contributed by atoms with Gasteiger partial charge in [0.05, 0.1) is 0 Å². The molecule has 0 unspecified atom stereocenters. The summed E-state index contributed by atoms with van der Waals surface area (Å²) in [5.74, 6) is -0.566. The number of carbonyl (C=O) groups excluding carboxylic acids is 1. The standard InChI is InChI=1S/C29H31NO4/c1-20-17-23(18-21(2)27(20)34-29(3,4)28(32)33)11-16-26(31)24-12-14-25(15-13-24)30(5)19-22-9-7-6-8-10-22/h6-18H,19H2,1-5H3,(H,32,33)/b16-11+. The summed E-state index contributed by atoms with van der Waals surface area (Å²) in [4.78, 5) is 26.2. The second kappa shape index (κ2) is 10.4. The molecule has 1 N–H and O–H groups in total. The molecule has 0 bridgehead atoms. The van der Waals surface area contributed by atoms with Crippen molar-refractivity contribution in [2.24, 2.45) is 0 Å². The minimum absolute atomic E-state index is 0.0834.